The molecule has 0 spiro atoms. The fourth-order valence-electron chi connectivity index (χ4n) is 2.03. The molecule has 2 rings (SSSR count). The maximum Gasteiger partial charge on any atom is 0.337 e. The maximum atomic E-state index is 11.5. The van der Waals surface area contributed by atoms with Crippen molar-refractivity contribution in [3.63, 3.8) is 0 Å². The Balaban J connectivity index is 0.000000550. The molecule has 5 nitrogen and oxygen atoms in total. The van der Waals surface area contributed by atoms with Gasteiger partial charge in [-0.1, -0.05) is 39.8 Å². The number of rotatable bonds is 4. The molecule has 0 aliphatic carbocycles. The number of ketones is 1. The summed E-state index contributed by atoms with van der Waals surface area (Å²) in [5.41, 5.74) is 8.33. The van der Waals surface area contributed by atoms with E-state index in [-0.39, 0.29) is 11.8 Å². The number of esters is 1. The number of Topliss-reactive ketones (excluding diaryl/α,β-unsaturated/α-hetero) is 1. The number of hydrogen-bond acceptors (Lipinski definition) is 4. The number of aromatic nitrogens is 1. The molecular weight excluding hydrogens is 316 g/mol. The van der Waals surface area contributed by atoms with Crippen molar-refractivity contribution in [1.82, 2.24) is 4.57 Å². The molecule has 0 aliphatic heterocycles. The van der Waals surface area contributed by atoms with E-state index in [1.807, 2.05) is 6.07 Å². The molecular formula is C20H28N2O3. The number of anilines is 1. The summed E-state index contributed by atoms with van der Waals surface area (Å²) < 4.78 is 6.46. The van der Waals surface area contributed by atoms with Crippen LogP contribution >= 0.6 is 0 Å². The van der Waals surface area contributed by atoms with Crippen LogP contribution < -0.4 is 5.73 Å². The highest BCUT2D eigenvalue weighted by atomic mass is 16.5. The van der Waals surface area contributed by atoms with Crippen molar-refractivity contribution >= 4 is 17.6 Å². The molecule has 0 aliphatic rings. The second kappa shape index (κ2) is 8.51. The molecule has 0 unspecified atom stereocenters. The van der Waals surface area contributed by atoms with E-state index in [2.05, 4.69) is 32.4 Å². The summed E-state index contributed by atoms with van der Waals surface area (Å²) in [4.78, 5) is 22.8. The van der Waals surface area contributed by atoms with Crippen LogP contribution in [0.5, 0.6) is 0 Å². The fourth-order valence-corrected chi connectivity index (χ4v) is 2.03. The highest BCUT2D eigenvalue weighted by Gasteiger charge is 2.11. The first-order valence-corrected chi connectivity index (χ1v) is 8.15. The van der Waals surface area contributed by atoms with Gasteiger partial charge in [0.05, 0.1) is 18.2 Å². The standard InChI is InChI=1S/C15H16N2O3.C5H12/c1-10(18)13-6-7-17(14(13)16)9-11-4-3-5-12(8-11)15(19)20-2;1-5(2,3)4/h3-8H,9,16H2,1-2H3;1-4H3. The van der Waals surface area contributed by atoms with Crippen LogP contribution in [0.1, 0.15) is 60.9 Å². The van der Waals surface area contributed by atoms with Crippen molar-refractivity contribution in [3.8, 4) is 0 Å². The molecule has 0 fully saturated rings. The number of nitrogens with two attached hydrogens (primary N) is 1. The van der Waals surface area contributed by atoms with Crippen molar-refractivity contribution in [2.75, 3.05) is 12.8 Å². The molecule has 0 atom stereocenters. The lowest BCUT2D eigenvalue weighted by molar-refractivity contribution is 0.0600. The monoisotopic (exact) mass is 344 g/mol. The summed E-state index contributed by atoms with van der Waals surface area (Å²) in [5.74, 6) is -0.0118. The van der Waals surface area contributed by atoms with Crippen molar-refractivity contribution in [1.29, 1.82) is 0 Å². The summed E-state index contributed by atoms with van der Waals surface area (Å²) in [5, 5.41) is 0. The smallest absolute Gasteiger partial charge is 0.337 e. The third-order valence-corrected chi connectivity index (χ3v) is 3.09. The second-order valence-electron chi connectivity index (χ2n) is 7.49. The number of nitrogen functional groups attached to an aromatic ring is 1. The summed E-state index contributed by atoms with van der Waals surface area (Å²) in [7, 11) is 1.35. The first-order chi connectivity index (χ1) is 11.5. The SMILES string of the molecule is CC(C)(C)C.COC(=O)c1cccc(Cn2ccc(C(C)=O)c2N)c1. The fraction of sp³-hybridized carbons (Fsp3) is 0.400. The molecule has 25 heavy (non-hydrogen) atoms. The van der Waals surface area contributed by atoms with Crippen LogP contribution in [0.4, 0.5) is 5.82 Å². The quantitative estimate of drug-likeness (QED) is 0.667. The van der Waals surface area contributed by atoms with Gasteiger partial charge in [-0.25, -0.2) is 4.79 Å². The van der Waals surface area contributed by atoms with Crippen LogP contribution in [0.25, 0.3) is 0 Å². The van der Waals surface area contributed by atoms with Gasteiger partial charge in [-0.05, 0) is 36.1 Å². The zero-order valence-corrected chi connectivity index (χ0v) is 15.9. The van der Waals surface area contributed by atoms with E-state index in [9.17, 15) is 9.59 Å². The highest BCUT2D eigenvalue weighted by molar-refractivity contribution is 5.98. The predicted octanol–water partition coefficient (Wildman–Crippen LogP) is 4.16. The van der Waals surface area contributed by atoms with Crippen LogP contribution in [0.3, 0.4) is 0 Å². The van der Waals surface area contributed by atoms with Gasteiger partial charge in [-0.15, -0.1) is 0 Å². The number of carbonyl (C=O) groups is 2. The molecule has 0 saturated carbocycles. The molecule has 136 valence electrons. The normalized spacial score (nSPS) is 10.6. The van der Waals surface area contributed by atoms with E-state index in [0.29, 0.717) is 28.9 Å². The number of nitrogens with zero attached hydrogens (tertiary/aromatic N) is 1. The summed E-state index contributed by atoms with van der Waals surface area (Å²) in [6.07, 6.45) is 1.76. The lowest BCUT2D eigenvalue weighted by Gasteiger charge is -2.08. The van der Waals surface area contributed by atoms with E-state index >= 15 is 0 Å². The van der Waals surface area contributed by atoms with E-state index in [4.69, 9.17) is 5.73 Å². The van der Waals surface area contributed by atoms with E-state index in [1.54, 1.807) is 35.0 Å². The lowest BCUT2D eigenvalue weighted by Crippen LogP contribution is -2.07. The number of benzene rings is 1. The third kappa shape index (κ3) is 6.83. The van der Waals surface area contributed by atoms with Gasteiger partial charge in [0.1, 0.15) is 5.82 Å². The van der Waals surface area contributed by atoms with Gasteiger partial charge in [0.25, 0.3) is 0 Å². The third-order valence-electron chi connectivity index (χ3n) is 3.09. The molecule has 1 aromatic heterocycles. The molecule has 2 aromatic rings. The van der Waals surface area contributed by atoms with Crippen LogP contribution in [0, 0.1) is 5.41 Å². The predicted molar refractivity (Wildman–Crippen MR) is 101 cm³/mol. The number of methoxy groups -OCH3 is 1. The van der Waals surface area contributed by atoms with Gasteiger partial charge < -0.3 is 15.0 Å². The largest absolute Gasteiger partial charge is 0.465 e. The summed E-state index contributed by atoms with van der Waals surface area (Å²) in [6.45, 7) is 10.7. The Bertz CT molecular complexity index is 734. The molecule has 0 amide bonds. The first kappa shape index (κ1) is 20.5. The maximum absolute atomic E-state index is 11.5. The molecule has 1 aromatic carbocycles. The summed E-state index contributed by atoms with van der Waals surface area (Å²) in [6, 6.07) is 8.81. The molecule has 2 N–H and O–H groups in total. The Kier molecular flexibility index (Phi) is 6.97. The number of ether oxygens (including phenoxy) is 1. The zero-order chi connectivity index (χ0) is 19.2. The van der Waals surface area contributed by atoms with Crippen LogP contribution in [-0.4, -0.2) is 23.4 Å². The zero-order valence-electron chi connectivity index (χ0n) is 15.9. The second-order valence-corrected chi connectivity index (χ2v) is 7.49. The van der Waals surface area contributed by atoms with Gasteiger partial charge in [-0.3, -0.25) is 4.79 Å². The van der Waals surface area contributed by atoms with Crippen molar-refractivity contribution in [2.24, 2.45) is 5.41 Å². The molecule has 0 radical (unpaired) electrons. The Morgan fingerprint density at radius 1 is 1.16 bits per heavy atom. The first-order valence-electron chi connectivity index (χ1n) is 8.15. The van der Waals surface area contributed by atoms with E-state index in [0.717, 1.165) is 5.56 Å². The van der Waals surface area contributed by atoms with Crippen molar-refractivity contribution in [2.45, 2.75) is 41.2 Å². The van der Waals surface area contributed by atoms with Crippen LogP contribution in [-0.2, 0) is 11.3 Å². The number of hydrogen-bond donors (Lipinski definition) is 1. The van der Waals surface area contributed by atoms with Gasteiger partial charge in [0, 0.05) is 12.7 Å². The van der Waals surface area contributed by atoms with E-state index in [1.165, 1.54) is 14.0 Å². The average molecular weight is 344 g/mol. The average Bonchev–Trinajstić information content (AvgIpc) is 2.86. The van der Waals surface area contributed by atoms with Crippen LogP contribution in [0.2, 0.25) is 0 Å². The van der Waals surface area contributed by atoms with Gasteiger partial charge >= 0.3 is 5.97 Å². The minimum absolute atomic E-state index is 0.0652. The lowest BCUT2D eigenvalue weighted by atomic mass is 10.0. The Labute approximate surface area is 149 Å². The van der Waals surface area contributed by atoms with E-state index < -0.39 is 0 Å². The van der Waals surface area contributed by atoms with Gasteiger partial charge in [0.15, 0.2) is 5.78 Å². The number of carbonyl (C=O) groups excluding carboxylic acids is 2. The Hall–Kier alpha value is -2.56. The Morgan fingerprint density at radius 2 is 1.76 bits per heavy atom. The van der Waals surface area contributed by atoms with Crippen molar-refractivity contribution in [3.05, 3.63) is 53.2 Å². The van der Waals surface area contributed by atoms with Crippen LogP contribution in [0.15, 0.2) is 36.5 Å². The Morgan fingerprint density at radius 3 is 2.24 bits per heavy atom. The topological polar surface area (TPSA) is 74.3 Å². The molecule has 5 heteroatoms. The summed E-state index contributed by atoms with van der Waals surface area (Å²) >= 11 is 0. The van der Waals surface area contributed by atoms with Crippen molar-refractivity contribution < 1.29 is 14.3 Å². The highest BCUT2D eigenvalue weighted by Crippen LogP contribution is 2.17. The molecule has 0 saturated heterocycles. The minimum atomic E-state index is -0.378. The van der Waals surface area contributed by atoms with Gasteiger partial charge in [0.2, 0.25) is 0 Å². The molecule has 0 bridgehead atoms. The van der Waals surface area contributed by atoms with Gasteiger partial charge in [-0.2, -0.15) is 0 Å². The molecule has 1 heterocycles. The minimum Gasteiger partial charge on any atom is -0.465 e.